The Kier molecular flexibility index (Phi) is 4.59. The third kappa shape index (κ3) is 3.82. The number of hydrogen-bond donors (Lipinski definition) is 2. The van der Waals surface area contributed by atoms with Gasteiger partial charge in [-0.05, 0) is 61.5 Å². The van der Waals surface area contributed by atoms with Crippen molar-refractivity contribution in [3.05, 3.63) is 29.8 Å². The number of benzene rings is 1. The van der Waals surface area contributed by atoms with Crippen molar-refractivity contribution in [2.75, 3.05) is 17.5 Å². The first-order chi connectivity index (χ1) is 12.4. The van der Waals surface area contributed by atoms with E-state index in [0.29, 0.717) is 24.2 Å². The predicted octanol–water partition coefficient (Wildman–Crippen LogP) is 2.78. The van der Waals surface area contributed by atoms with Crippen LogP contribution >= 0.6 is 0 Å². The Morgan fingerprint density at radius 2 is 1.73 bits per heavy atom. The Morgan fingerprint density at radius 3 is 2.42 bits per heavy atom. The monoisotopic (exact) mass is 377 g/mol. The quantitative estimate of drug-likeness (QED) is 0.847. The van der Waals surface area contributed by atoms with Gasteiger partial charge in [-0.2, -0.15) is 0 Å². The second-order valence-electron chi connectivity index (χ2n) is 8.27. The van der Waals surface area contributed by atoms with E-state index < -0.39 is 10.0 Å². The SMILES string of the molecule is CS(=O)(=O)Nc1ccccc1CNC(=O)N1CC2C[C@@H]3CC1C[C@H](C2)C3. The van der Waals surface area contributed by atoms with Crippen LogP contribution < -0.4 is 10.0 Å². The van der Waals surface area contributed by atoms with E-state index in [1.54, 1.807) is 12.1 Å². The molecule has 2 aliphatic carbocycles. The Labute approximate surface area is 155 Å². The van der Waals surface area contributed by atoms with Crippen molar-refractivity contribution >= 4 is 21.7 Å². The van der Waals surface area contributed by atoms with Gasteiger partial charge in [0.1, 0.15) is 0 Å². The highest BCUT2D eigenvalue weighted by atomic mass is 32.2. The number of carbonyl (C=O) groups excluding carboxylic acids is 1. The summed E-state index contributed by atoms with van der Waals surface area (Å²) in [5.74, 6) is 2.25. The molecule has 4 fully saturated rings. The zero-order valence-electron chi connectivity index (χ0n) is 15.1. The zero-order valence-corrected chi connectivity index (χ0v) is 16.0. The van der Waals surface area contributed by atoms with Crippen molar-refractivity contribution < 1.29 is 13.2 Å². The zero-order chi connectivity index (χ0) is 18.3. The lowest BCUT2D eigenvalue weighted by Gasteiger charge is -2.38. The first-order valence-electron chi connectivity index (χ1n) is 9.47. The molecule has 5 rings (SSSR count). The fraction of sp³-hybridized carbons (Fsp3) is 0.632. The van der Waals surface area contributed by atoms with Crippen LogP contribution in [0, 0.1) is 17.8 Å². The van der Waals surface area contributed by atoms with E-state index in [0.717, 1.165) is 43.0 Å². The van der Waals surface area contributed by atoms with E-state index in [4.69, 9.17) is 0 Å². The summed E-state index contributed by atoms with van der Waals surface area (Å²) in [6.07, 6.45) is 7.33. The molecule has 2 amide bonds. The molecule has 142 valence electrons. The smallest absolute Gasteiger partial charge is 0.317 e. The third-order valence-electron chi connectivity index (χ3n) is 6.11. The maximum Gasteiger partial charge on any atom is 0.317 e. The van der Waals surface area contributed by atoms with Crippen molar-refractivity contribution in [2.24, 2.45) is 17.8 Å². The predicted molar refractivity (Wildman–Crippen MR) is 101 cm³/mol. The summed E-state index contributed by atoms with van der Waals surface area (Å²) < 4.78 is 25.6. The Balaban J connectivity index is 1.43. The maximum atomic E-state index is 12.9. The summed E-state index contributed by atoms with van der Waals surface area (Å²) >= 11 is 0. The van der Waals surface area contributed by atoms with Gasteiger partial charge in [0.2, 0.25) is 10.0 Å². The van der Waals surface area contributed by atoms with E-state index >= 15 is 0 Å². The molecule has 26 heavy (non-hydrogen) atoms. The van der Waals surface area contributed by atoms with E-state index in [-0.39, 0.29) is 6.03 Å². The number of urea groups is 1. The largest absolute Gasteiger partial charge is 0.334 e. The van der Waals surface area contributed by atoms with Crippen LogP contribution in [0.4, 0.5) is 10.5 Å². The lowest BCUT2D eigenvalue weighted by molar-refractivity contribution is 0.131. The average molecular weight is 378 g/mol. The summed E-state index contributed by atoms with van der Waals surface area (Å²) in [4.78, 5) is 14.9. The average Bonchev–Trinajstić information content (AvgIpc) is 2.76. The Hall–Kier alpha value is -1.76. The molecule has 7 heteroatoms. The van der Waals surface area contributed by atoms with Crippen molar-refractivity contribution in [3.8, 4) is 0 Å². The van der Waals surface area contributed by atoms with Crippen LogP contribution in [-0.2, 0) is 16.6 Å². The highest BCUT2D eigenvalue weighted by Crippen LogP contribution is 2.47. The van der Waals surface area contributed by atoms with Crippen molar-refractivity contribution in [1.29, 1.82) is 0 Å². The molecule has 4 aliphatic rings. The topological polar surface area (TPSA) is 78.5 Å². The van der Waals surface area contributed by atoms with Crippen LogP contribution in [0.3, 0.4) is 0 Å². The number of carbonyl (C=O) groups is 1. The van der Waals surface area contributed by atoms with Gasteiger partial charge in [0.05, 0.1) is 11.9 Å². The number of hydrogen-bond acceptors (Lipinski definition) is 3. The van der Waals surface area contributed by atoms with Crippen LogP contribution in [-0.4, -0.2) is 38.2 Å². The lowest BCUT2D eigenvalue weighted by Crippen LogP contribution is -2.47. The first-order valence-corrected chi connectivity index (χ1v) is 11.4. The van der Waals surface area contributed by atoms with Crippen molar-refractivity contribution in [1.82, 2.24) is 10.2 Å². The van der Waals surface area contributed by atoms with Gasteiger partial charge >= 0.3 is 6.03 Å². The van der Waals surface area contributed by atoms with Crippen LogP contribution in [0.5, 0.6) is 0 Å². The lowest BCUT2D eigenvalue weighted by atomic mass is 9.68. The van der Waals surface area contributed by atoms with Gasteiger partial charge in [-0.1, -0.05) is 18.2 Å². The molecule has 2 N–H and O–H groups in total. The molecule has 2 unspecified atom stereocenters. The van der Waals surface area contributed by atoms with Crippen LogP contribution in [0.25, 0.3) is 0 Å². The molecule has 0 radical (unpaired) electrons. The number of sulfonamides is 1. The molecule has 0 aromatic heterocycles. The molecule has 2 saturated carbocycles. The van der Waals surface area contributed by atoms with Gasteiger partial charge in [-0.25, -0.2) is 13.2 Å². The van der Waals surface area contributed by atoms with Gasteiger partial charge in [-0.15, -0.1) is 0 Å². The van der Waals surface area contributed by atoms with Crippen LogP contribution in [0.2, 0.25) is 0 Å². The normalized spacial score (nSPS) is 30.1. The molecular formula is C19H27N3O3S. The highest BCUT2D eigenvalue weighted by molar-refractivity contribution is 7.92. The van der Waals surface area contributed by atoms with Gasteiger partial charge in [-0.3, -0.25) is 4.72 Å². The second kappa shape index (κ2) is 6.76. The fourth-order valence-electron chi connectivity index (χ4n) is 5.28. The van der Waals surface area contributed by atoms with E-state index in [9.17, 15) is 13.2 Å². The summed E-state index contributed by atoms with van der Waals surface area (Å²) in [5, 5.41) is 3.02. The van der Waals surface area contributed by atoms with E-state index in [2.05, 4.69) is 14.9 Å². The number of rotatable bonds is 4. The number of nitrogens with zero attached hydrogens (tertiary/aromatic N) is 1. The minimum absolute atomic E-state index is 0.0163. The standard InChI is InChI=1S/C19H27N3O3S/c1-26(24,25)21-18-5-3-2-4-16(18)11-20-19(23)22-12-15-7-13-6-14(8-15)10-17(22)9-13/h2-5,13-15,17,21H,6-12H2,1H3,(H,20,23)/t13-,14+,15?,17?. The molecule has 6 nitrogen and oxygen atoms in total. The number of amides is 2. The maximum absolute atomic E-state index is 12.9. The molecule has 4 atom stereocenters. The Bertz CT molecular complexity index is 781. The Morgan fingerprint density at radius 1 is 1.08 bits per heavy atom. The van der Waals surface area contributed by atoms with Gasteiger partial charge < -0.3 is 10.2 Å². The van der Waals surface area contributed by atoms with Crippen LogP contribution in [0.15, 0.2) is 24.3 Å². The number of para-hydroxylation sites is 1. The molecule has 0 spiro atoms. The fourth-order valence-corrected chi connectivity index (χ4v) is 5.88. The van der Waals surface area contributed by atoms with Gasteiger partial charge in [0, 0.05) is 19.1 Å². The third-order valence-corrected chi connectivity index (χ3v) is 6.70. The molecule has 1 aromatic carbocycles. The molecule has 2 heterocycles. The second-order valence-corrected chi connectivity index (χ2v) is 10.0. The number of fused-ring (bicyclic) bond motifs is 1. The molecule has 1 aromatic rings. The summed E-state index contributed by atoms with van der Waals surface area (Å²) in [5.41, 5.74) is 1.29. The first kappa shape index (κ1) is 17.6. The highest BCUT2D eigenvalue weighted by Gasteiger charge is 2.43. The van der Waals surface area contributed by atoms with Crippen LogP contribution in [0.1, 0.15) is 37.7 Å². The minimum atomic E-state index is -3.35. The molecule has 2 aliphatic heterocycles. The van der Waals surface area contributed by atoms with Crippen molar-refractivity contribution in [2.45, 2.75) is 44.7 Å². The number of anilines is 1. The van der Waals surface area contributed by atoms with Gasteiger partial charge in [0.25, 0.3) is 0 Å². The van der Waals surface area contributed by atoms with E-state index in [1.165, 1.54) is 19.3 Å². The molecule has 4 bridgehead atoms. The molecule has 2 saturated heterocycles. The molecular weight excluding hydrogens is 350 g/mol. The summed E-state index contributed by atoms with van der Waals surface area (Å²) in [7, 11) is -3.35. The number of nitrogens with one attached hydrogen (secondary N) is 2. The van der Waals surface area contributed by atoms with Crippen molar-refractivity contribution in [3.63, 3.8) is 0 Å². The van der Waals surface area contributed by atoms with E-state index in [1.807, 2.05) is 12.1 Å². The van der Waals surface area contributed by atoms with Gasteiger partial charge in [0.15, 0.2) is 0 Å². The summed E-state index contributed by atoms with van der Waals surface area (Å²) in [6.45, 7) is 1.19. The minimum Gasteiger partial charge on any atom is -0.334 e. The summed E-state index contributed by atoms with van der Waals surface area (Å²) in [6, 6.07) is 7.54.